The zero-order valence-electron chi connectivity index (χ0n) is 11.6. The van der Waals surface area contributed by atoms with Gasteiger partial charge >= 0.3 is 0 Å². The summed E-state index contributed by atoms with van der Waals surface area (Å²) in [4.78, 5) is 12.2. The van der Waals surface area contributed by atoms with Gasteiger partial charge in [-0.05, 0) is 29.8 Å². The van der Waals surface area contributed by atoms with Crippen molar-refractivity contribution in [1.29, 1.82) is 0 Å². The molecule has 3 rings (SSSR count). The van der Waals surface area contributed by atoms with Crippen LogP contribution in [0.3, 0.4) is 0 Å². The summed E-state index contributed by atoms with van der Waals surface area (Å²) < 4.78 is 23.7. The molecule has 0 aliphatic carbocycles. The first-order chi connectivity index (χ1) is 10.6. The number of ether oxygens (including phenoxy) is 2. The van der Waals surface area contributed by atoms with Crippen LogP contribution in [0, 0.1) is 5.82 Å². The van der Waals surface area contributed by atoms with E-state index < -0.39 is 0 Å². The van der Waals surface area contributed by atoms with Crippen LogP contribution in [0.15, 0.2) is 36.4 Å². The van der Waals surface area contributed by atoms with Gasteiger partial charge in [0, 0.05) is 12.1 Å². The lowest BCUT2D eigenvalue weighted by atomic mass is 10.1. The standard InChI is InChI=1S/C16H13ClFNO3/c17-13-7-11(8-14-15(13)22-6-5-21-14)16(20)19-9-10-1-3-12(18)4-2-10/h1-4,7-8H,5-6,9H2,(H,19,20). The van der Waals surface area contributed by atoms with Gasteiger partial charge in [0.25, 0.3) is 5.91 Å². The van der Waals surface area contributed by atoms with E-state index in [0.29, 0.717) is 41.8 Å². The van der Waals surface area contributed by atoms with E-state index in [1.165, 1.54) is 18.2 Å². The summed E-state index contributed by atoms with van der Waals surface area (Å²) in [7, 11) is 0. The fraction of sp³-hybridized carbons (Fsp3) is 0.188. The minimum atomic E-state index is -0.311. The van der Waals surface area contributed by atoms with E-state index in [4.69, 9.17) is 21.1 Å². The molecule has 6 heteroatoms. The highest BCUT2D eigenvalue weighted by atomic mass is 35.5. The molecule has 2 aromatic rings. The molecule has 0 bridgehead atoms. The number of hydrogen-bond donors (Lipinski definition) is 1. The summed E-state index contributed by atoms with van der Waals surface area (Å²) in [6, 6.07) is 9.07. The third kappa shape index (κ3) is 3.14. The van der Waals surface area contributed by atoms with Crippen LogP contribution in [0.4, 0.5) is 4.39 Å². The molecule has 0 saturated heterocycles. The van der Waals surface area contributed by atoms with Crippen molar-refractivity contribution in [3.8, 4) is 11.5 Å². The predicted molar refractivity (Wildman–Crippen MR) is 80.0 cm³/mol. The van der Waals surface area contributed by atoms with Gasteiger partial charge in [0.05, 0.1) is 5.02 Å². The average Bonchev–Trinajstić information content (AvgIpc) is 2.54. The summed E-state index contributed by atoms with van der Waals surface area (Å²) >= 11 is 6.10. The van der Waals surface area contributed by atoms with Crippen molar-refractivity contribution in [3.63, 3.8) is 0 Å². The minimum Gasteiger partial charge on any atom is -0.486 e. The Balaban J connectivity index is 1.72. The quantitative estimate of drug-likeness (QED) is 0.944. The average molecular weight is 322 g/mol. The second kappa shape index (κ2) is 6.23. The SMILES string of the molecule is O=C(NCc1ccc(F)cc1)c1cc(Cl)c2c(c1)OCCO2. The fourth-order valence-corrected chi connectivity index (χ4v) is 2.39. The molecule has 1 aliphatic rings. The van der Waals surface area contributed by atoms with E-state index in [-0.39, 0.29) is 11.7 Å². The van der Waals surface area contributed by atoms with E-state index in [1.54, 1.807) is 18.2 Å². The molecule has 1 N–H and O–H groups in total. The maximum Gasteiger partial charge on any atom is 0.251 e. The molecule has 0 radical (unpaired) electrons. The van der Waals surface area contributed by atoms with Gasteiger partial charge in [-0.15, -0.1) is 0 Å². The van der Waals surface area contributed by atoms with Crippen molar-refractivity contribution < 1.29 is 18.7 Å². The van der Waals surface area contributed by atoms with Crippen LogP contribution in [0.25, 0.3) is 0 Å². The zero-order chi connectivity index (χ0) is 15.5. The molecule has 22 heavy (non-hydrogen) atoms. The summed E-state index contributed by atoms with van der Waals surface area (Å²) in [6.45, 7) is 1.15. The highest BCUT2D eigenvalue weighted by Gasteiger charge is 2.19. The number of rotatable bonds is 3. The van der Waals surface area contributed by atoms with Crippen molar-refractivity contribution in [2.75, 3.05) is 13.2 Å². The van der Waals surface area contributed by atoms with Crippen LogP contribution in [0.2, 0.25) is 5.02 Å². The highest BCUT2D eigenvalue weighted by molar-refractivity contribution is 6.32. The summed E-state index contributed by atoms with van der Waals surface area (Å²) in [6.07, 6.45) is 0. The molecule has 0 spiro atoms. The minimum absolute atomic E-state index is 0.289. The second-order valence-electron chi connectivity index (χ2n) is 4.79. The molecule has 1 heterocycles. The number of benzene rings is 2. The smallest absolute Gasteiger partial charge is 0.251 e. The molecule has 0 aromatic heterocycles. The Bertz CT molecular complexity index is 703. The molecule has 2 aromatic carbocycles. The Morgan fingerprint density at radius 2 is 1.91 bits per heavy atom. The van der Waals surface area contributed by atoms with Crippen molar-refractivity contribution in [2.24, 2.45) is 0 Å². The van der Waals surface area contributed by atoms with E-state index >= 15 is 0 Å². The number of carbonyl (C=O) groups is 1. The summed E-state index contributed by atoms with van der Waals surface area (Å²) in [5.74, 6) is 0.325. The van der Waals surface area contributed by atoms with Crippen molar-refractivity contribution >= 4 is 17.5 Å². The van der Waals surface area contributed by atoms with Crippen molar-refractivity contribution in [1.82, 2.24) is 5.32 Å². The summed E-state index contributed by atoms with van der Waals surface area (Å²) in [5.41, 5.74) is 1.19. The van der Waals surface area contributed by atoms with Crippen molar-refractivity contribution in [3.05, 3.63) is 58.4 Å². The number of amides is 1. The number of fused-ring (bicyclic) bond motifs is 1. The monoisotopic (exact) mass is 321 g/mol. The lowest BCUT2D eigenvalue weighted by molar-refractivity contribution is 0.0949. The first kappa shape index (κ1) is 14.7. The molecule has 0 saturated carbocycles. The Kier molecular flexibility index (Phi) is 4.15. The topological polar surface area (TPSA) is 47.6 Å². The number of hydrogen-bond acceptors (Lipinski definition) is 3. The first-order valence-electron chi connectivity index (χ1n) is 6.75. The number of carbonyl (C=O) groups excluding carboxylic acids is 1. The first-order valence-corrected chi connectivity index (χ1v) is 7.13. The Morgan fingerprint density at radius 3 is 2.68 bits per heavy atom. The molecule has 0 atom stereocenters. The van der Waals surface area contributed by atoms with Gasteiger partial charge in [-0.25, -0.2) is 4.39 Å². The second-order valence-corrected chi connectivity index (χ2v) is 5.20. The van der Waals surface area contributed by atoms with Gasteiger partial charge < -0.3 is 14.8 Å². The Hall–Kier alpha value is -2.27. The van der Waals surface area contributed by atoms with Crippen LogP contribution in [-0.2, 0) is 6.54 Å². The number of nitrogens with one attached hydrogen (secondary N) is 1. The van der Waals surface area contributed by atoms with Crippen molar-refractivity contribution in [2.45, 2.75) is 6.54 Å². The maximum atomic E-state index is 12.8. The van der Waals surface area contributed by atoms with E-state index in [1.807, 2.05) is 0 Å². The molecule has 114 valence electrons. The molecular weight excluding hydrogens is 309 g/mol. The van der Waals surface area contributed by atoms with Crippen LogP contribution in [0.1, 0.15) is 15.9 Å². The maximum absolute atomic E-state index is 12.8. The van der Waals surface area contributed by atoms with Gasteiger partial charge in [0.2, 0.25) is 0 Å². The normalized spacial score (nSPS) is 12.8. The number of halogens is 2. The fourth-order valence-electron chi connectivity index (χ4n) is 2.13. The van der Waals surface area contributed by atoms with Gasteiger partial charge in [0.15, 0.2) is 11.5 Å². The summed E-state index contributed by atoms with van der Waals surface area (Å²) in [5, 5.41) is 3.09. The Labute approximate surface area is 131 Å². The van der Waals surface area contributed by atoms with Gasteiger partial charge in [-0.1, -0.05) is 23.7 Å². The molecule has 0 fully saturated rings. The molecular formula is C16H13ClFNO3. The van der Waals surface area contributed by atoms with Crippen LogP contribution < -0.4 is 14.8 Å². The molecule has 0 unspecified atom stereocenters. The van der Waals surface area contributed by atoms with E-state index in [0.717, 1.165) is 5.56 Å². The van der Waals surface area contributed by atoms with Crippen LogP contribution in [-0.4, -0.2) is 19.1 Å². The van der Waals surface area contributed by atoms with E-state index in [2.05, 4.69) is 5.32 Å². The lowest BCUT2D eigenvalue weighted by Gasteiger charge is -2.20. The molecule has 1 aliphatic heterocycles. The highest BCUT2D eigenvalue weighted by Crippen LogP contribution is 2.38. The Morgan fingerprint density at radius 1 is 1.18 bits per heavy atom. The van der Waals surface area contributed by atoms with Gasteiger partial charge in [-0.2, -0.15) is 0 Å². The molecule has 1 amide bonds. The van der Waals surface area contributed by atoms with E-state index in [9.17, 15) is 9.18 Å². The third-order valence-electron chi connectivity index (χ3n) is 3.23. The predicted octanol–water partition coefficient (Wildman–Crippen LogP) is 3.18. The molecule has 4 nitrogen and oxygen atoms in total. The van der Waals surface area contributed by atoms with Gasteiger partial charge in [-0.3, -0.25) is 4.79 Å². The van der Waals surface area contributed by atoms with Crippen LogP contribution >= 0.6 is 11.6 Å². The third-order valence-corrected chi connectivity index (χ3v) is 3.51. The largest absolute Gasteiger partial charge is 0.486 e. The zero-order valence-corrected chi connectivity index (χ0v) is 12.3. The lowest BCUT2D eigenvalue weighted by Crippen LogP contribution is -2.23. The van der Waals surface area contributed by atoms with Crippen LogP contribution in [0.5, 0.6) is 11.5 Å². The van der Waals surface area contributed by atoms with Gasteiger partial charge in [0.1, 0.15) is 19.0 Å².